The van der Waals surface area contributed by atoms with Gasteiger partial charge in [-0.1, -0.05) is 24.3 Å². The molecule has 0 N–H and O–H groups in total. The second kappa shape index (κ2) is 11.4. The number of amides is 1. The van der Waals surface area contributed by atoms with Crippen molar-refractivity contribution in [3.8, 4) is 12.1 Å². The van der Waals surface area contributed by atoms with Crippen molar-refractivity contribution in [2.45, 2.75) is 89.8 Å². The minimum absolute atomic E-state index is 0.185. The number of carbonyl (C=O) groups excluding carboxylic acids is 1. The highest BCUT2D eigenvalue weighted by Gasteiger charge is 2.43. The van der Waals surface area contributed by atoms with Gasteiger partial charge in [0.1, 0.15) is 18.0 Å². The molecule has 4 aliphatic rings. The number of ether oxygens (including phenoxy) is 2. The van der Waals surface area contributed by atoms with E-state index < -0.39 is 5.60 Å². The van der Waals surface area contributed by atoms with Crippen molar-refractivity contribution in [1.82, 2.24) is 19.8 Å². The molecule has 1 aromatic heterocycles. The quantitative estimate of drug-likeness (QED) is 0.515. The second-order valence-corrected chi connectivity index (χ2v) is 13.8. The lowest BCUT2D eigenvalue weighted by molar-refractivity contribution is 0.0144. The number of likely N-dealkylation sites (tertiary alicyclic amines) is 1. The maximum Gasteiger partial charge on any atom is 0.410 e. The Hall–Kier alpha value is -3.38. The molecule has 2 fully saturated rings. The summed E-state index contributed by atoms with van der Waals surface area (Å²) in [6, 6.07) is 11.7. The second-order valence-electron chi connectivity index (χ2n) is 13.8. The van der Waals surface area contributed by atoms with Crippen LogP contribution in [0.2, 0.25) is 0 Å². The molecule has 2 aliphatic heterocycles. The number of aromatic nitrogens is 2. The van der Waals surface area contributed by atoms with E-state index in [-0.39, 0.29) is 24.0 Å². The molecule has 6 rings (SSSR count). The Labute approximate surface area is 249 Å². The number of rotatable bonds is 5. The molecule has 1 aromatic carbocycles. The number of benzene rings is 1. The van der Waals surface area contributed by atoms with Gasteiger partial charge in [0.15, 0.2) is 0 Å². The lowest BCUT2D eigenvalue weighted by Gasteiger charge is -2.43. The van der Waals surface area contributed by atoms with Crippen LogP contribution in [-0.4, -0.2) is 83.4 Å². The van der Waals surface area contributed by atoms with Gasteiger partial charge in [0.25, 0.3) is 0 Å². The Bertz CT molecular complexity index is 1340. The number of hydrogen-bond acceptors (Lipinski definition) is 8. The summed E-state index contributed by atoms with van der Waals surface area (Å²) >= 11 is 0. The predicted octanol–water partition coefficient (Wildman–Crippen LogP) is 4.56. The van der Waals surface area contributed by atoms with E-state index in [0.29, 0.717) is 38.3 Å². The SMILES string of the molecule is CN1CCC[C@H]1COc1nc2c(c(N3CCN(C(=O)OC(C)(C)C)[C@@H](CC#N)C3)n1)CCC1(Cc3ccccc3C1)C2. The van der Waals surface area contributed by atoms with Crippen molar-refractivity contribution < 1.29 is 14.3 Å². The first-order chi connectivity index (χ1) is 20.1. The fraction of sp³-hybridized carbons (Fsp3) is 0.636. The van der Waals surface area contributed by atoms with Gasteiger partial charge in [0.2, 0.25) is 0 Å². The van der Waals surface area contributed by atoms with Gasteiger partial charge in [-0.15, -0.1) is 0 Å². The van der Waals surface area contributed by atoms with E-state index >= 15 is 0 Å². The zero-order chi connectivity index (χ0) is 29.5. The molecule has 0 bridgehead atoms. The molecular formula is C33H44N6O3. The van der Waals surface area contributed by atoms with E-state index in [4.69, 9.17) is 19.4 Å². The van der Waals surface area contributed by atoms with Crippen molar-refractivity contribution in [3.63, 3.8) is 0 Å². The van der Waals surface area contributed by atoms with Crippen molar-refractivity contribution >= 4 is 11.9 Å². The first-order valence-electron chi connectivity index (χ1n) is 15.5. The van der Waals surface area contributed by atoms with Crippen LogP contribution in [0.3, 0.4) is 0 Å². The van der Waals surface area contributed by atoms with Crippen LogP contribution in [0, 0.1) is 16.7 Å². The third kappa shape index (κ3) is 5.92. The summed E-state index contributed by atoms with van der Waals surface area (Å²) in [5.74, 6) is 0.909. The number of carbonyl (C=O) groups is 1. The molecule has 0 saturated carbocycles. The van der Waals surface area contributed by atoms with E-state index in [2.05, 4.69) is 47.2 Å². The average Bonchev–Trinajstić information content (AvgIpc) is 3.52. The Morgan fingerprint density at radius 1 is 1.10 bits per heavy atom. The molecular weight excluding hydrogens is 528 g/mol. The number of anilines is 1. The summed E-state index contributed by atoms with van der Waals surface area (Å²) in [7, 11) is 2.15. The Morgan fingerprint density at radius 2 is 1.86 bits per heavy atom. The molecule has 1 spiro atoms. The first kappa shape index (κ1) is 28.7. The van der Waals surface area contributed by atoms with Gasteiger partial charge < -0.3 is 24.2 Å². The van der Waals surface area contributed by atoms with Gasteiger partial charge >= 0.3 is 12.1 Å². The van der Waals surface area contributed by atoms with Crippen LogP contribution in [0.5, 0.6) is 6.01 Å². The van der Waals surface area contributed by atoms with Crippen LogP contribution in [0.1, 0.15) is 68.8 Å². The molecule has 2 saturated heterocycles. The minimum atomic E-state index is -0.591. The fourth-order valence-corrected chi connectivity index (χ4v) is 7.38. The molecule has 3 heterocycles. The summed E-state index contributed by atoms with van der Waals surface area (Å²) in [5, 5.41) is 9.63. The summed E-state index contributed by atoms with van der Waals surface area (Å²) in [6.45, 7) is 8.90. The maximum absolute atomic E-state index is 13.0. The zero-order valence-corrected chi connectivity index (χ0v) is 25.6. The Kier molecular flexibility index (Phi) is 7.77. The van der Waals surface area contributed by atoms with Gasteiger partial charge in [-0.3, -0.25) is 0 Å². The summed E-state index contributed by atoms with van der Waals surface area (Å²) in [4.78, 5) is 29.4. The standard InChI is InChI=1S/C33H44N6O3/c1-32(2,3)42-31(40)39-17-16-38(21-25(39)12-14-34)29-27-11-13-33(18-23-8-5-6-9-24(23)19-33)20-28(27)35-30(36-29)41-22-26-10-7-15-37(26)4/h5-6,8-9,25-26H,7,10-13,15-22H2,1-4H3/t25-,26-/m0/s1. The van der Waals surface area contributed by atoms with Gasteiger partial charge in [-0.2, -0.15) is 15.2 Å². The molecule has 2 atom stereocenters. The topological polar surface area (TPSA) is 94.8 Å². The minimum Gasteiger partial charge on any atom is -0.462 e. The Morgan fingerprint density at radius 3 is 2.52 bits per heavy atom. The zero-order valence-electron chi connectivity index (χ0n) is 25.6. The van der Waals surface area contributed by atoms with Gasteiger partial charge in [-0.25, -0.2) is 4.79 Å². The van der Waals surface area contributed by atoms with E-state index in [1.54, 1.807) is 4.90 Å². The van der Waals surface area contributed by atoms with Crippen LogP contribution in [0.25, 0.3) is 0 Å². The summed E-state index contributed by atoms with van der Waals surface area (Å²) < 4.78 is 12.0. The van der Waals surface area contributed by atoms with Crippen LogP contribution < -0.4 is 9.64 Å². The smallest absolute Gasteiger partial charge is 0.410 e. The number of nitrogens with zero attached hydrogens (tertiary/aromatic N) is 6. The maximum atomic E-state index is 13.0. The fourth-order valence-electron chi connectivity index (χ4n) is 7.38. The van der Waals surface area contributed by atoms with Crippen molar-refractivity contribution in [2.24, 2.45) is 5.41 Å². The number of likely N-dealkylation sites (N-methyl/N-ethyl adjacent to an activating group) is 1. The molecule has 9 heteroatoms. The summed E-state index contributed by atoms with van der Waals surface area (Å²) in [6.07, 6.45) is 7.28. The lowest BCUT2D eigenvalue weighted by Crippen LogP contribution is -2.56. The first-order valence-corrected chi connectivity index (χ1v) is 15.5. The van der Waals surface area contributed by atoms with Crippen LogP contribution in [-0.2, 0) is 30.4 Å². The third-order valence-corrected chi connectivity index (χ3v) is 9.56. The predicted molar refractivity (Wildman–Crippen MR) is 161 cm³/mol. The van der Waals surface area contributed by atoms with Crippen LogP contribution in [0.15, 0.2) is 24.3 Å². The van der Waals surface area contributed by atoms with Crippen LogP contribution >= 0.6 is 0 Å². The number of hydrogen-bond donors (Lipinski definition) is 0. The highest BCUT2D eigenvalue weighted by molar-refractivity contribution is 5.69. The highest BCUT2D eigenvalue weighted by atomic mass is 16.6. The highest BCUT2D eigenvalue weighted by Crippen LogP contribution is 2.47. The van der Waals surface area contributed by atoms with E-state index in [1.807, 2.05) is 20.8 Å². The number of piperazine rings is 1. The lowest BCUT2D eigenvalue weighted by atomic mass is 9.71. The molecule has 1 amide bonds. The molecule has 2 aromatic rings. The monoisotopic (exact) mass is 572 g/mol. The van der Waals surface area contributed by atoms with Gasteiger partial charge in [-0.05, 0) is 95.9 Å². The normalized spacial score (nSPS) is 23.4. The molecule has 224 valence electrons. The van der Waals surface area contributed by atoms with Gasteiger partial charge in [0, 0.05) is 31.2 Å². The number of nitriles is 1. The summed E-state index contributed by atoms with van der Waals surface area (Å²) in [5.41, 5.74) is 4.82. The molecule has 2 aliphatic carbocycles. The Balaban J connectivity index is 1.28. The van der Waals surface area contributed by atoms with Crippen molar-refractivity contribution in [2.75, 3.05) is 44.7 Å². The van der Waals surface area contributed by atoms with Gasteiger partial charge in [0.05, 0.1) is 24.2 Å². The van der Waals surface area contributed by atoms with Crippen molar-refractivity contribution in [1.29, 1.82) is 5.26 Å². The third-order valence-electron chi connectivity index (χ3n) is 9.56. The molecule has 0 radical (unpaired) electrons. The largest absolute Gasteiger partial charge is 0.462 e. The van der Waals surface area contributed by atoms with E-state index in [9.17, 15) is 10.1 Å². The van der Waals surface area contributed by atoms with Crippen molar-refractivity contribution in [3.05, 3.63) is 46.6 Å². The molecule has 9 nitrogen and oxygen atoms in total. The van der Waals surface area contributed by atoms with Crippen LogP contribution in [0.4, 0.5) is 10.6 Å². The van der Waals surface area contributed by atoms with E-state index in [1.165, 1.54) is 23.1 Å². The van der Waals surface area contributed by atoms with E-state index in [0.717, 1.165) is 56.6 Å². The number of fused-ring (bicyclic) bond motifs is 2. The molecule has 42 heavy (non-hydrogen) atoms. The molecule has 0 unspecified atom stereocenters. The average molecular weight is 573 g/mol.